The van der Waals surface area contributed by atoms with Gasteiger partial charge in [-0.25, -0.2) is 4.98 Å². The Balaban J connectivity index is 2.08. The van der Waals surface area contributed by atoms with Crippen LogP contribution in [0.1, 0.15) is 18.7 Å². The number of hydrogen-bond donors (Lipinski definition) is 0. The summed E-state index contributed by atoms with van der Waals surface area (Å²) in [6.07, 6.45) is 2.64. The second-order valence-corrected chi connectivity index (χ2v) is 4.59. The van der Waals surface area contributed by atoms with Crippen LogP contribution in [-0.2, 0) is 7.05 Å². The van der Waals surface area contributed by atoms with Gasteiger partial charge in [0, 0.05) is 25.8 Å². The normalized spacial score (nSPS) is 16.2. The molecule has 3 heteroatoms. The largest absolute Gasteiger partial charge is 0.371 e. The molecule has 84 valence electrons. The van der Waals surface area contributed by atoms with Crippen LogP contribution < -0.4 is 4.90 Å². The molecule has 1 aliphatic heterocycles. The molecule has 0 spiro atoms. The Labute approximate surface area is 95.7 Å². The van der Waals surface area contributed by atoms with E-state index in [1.807, 2.05) is 0 Å². The van der Waals surface area contributed by atoms with Gasteiger partial charge in [-0.15, -0.1) is 0 Å². The van der Waals surface area contributed by atoms with Gasteiger partial charge < -0.3 is 9.47 Å². The van der Waals surface area contributed by atoms with Gasteiger partial charge >= 0.3 is 0 Å². The lowest BCUT2D eigenvalue weighted by Gasteiger charge is -2.17. The molecule has 0 amide bonds. The molecule has 0 aliphatic carbocycles. The van der Waals surface area contributed by atoms with Crippen molar-refractivity contribution in [3.63, 3.8) is 0 Å². The number of imidazole rings is 1. The van der Waals surface area contributed by atoms with Gasteiger partial charge in [-0.1, -0.05) is 0 Å². The summed E-state index contributed by atoms with van der Waals surface area (Å²) in [5.74, 6) is 1.08. The number of nitrogens with zero attached hydrogens (tertiary/aromatic N) is 3. The van der Waals surface area contributed by atoms with Gasteiger partial charge in [-0.2, -0.15) is 0 Å². The molecule has 0 bridgehead atoms. The molecule has 0 radical (unpaired) electrons. The first-order valence-electron chi connectivity index (χ1n) is 5.94. The average Bonchev–Trinajstić information content (AvgIpc) is 2.88. The summed E-state index contributed by atoms with van der Waals surface area (Å²) in [4.78, 5) is 7.03. The Morgan fingerprint density at radius 2 is 1.94 bits per heavy atom. The first-order chi connectivity index (χ1) is 7.75. The van der Waals surface area contributed by atoms with Crippen molar-refractivity contribution in [1.82, 2.24) is 9.55 Å². The monoisotopic (exact) mass is 215 g/mol. The lowest BCUT2D eigenvalue weighted by Crippen LogP contribution is -2.17. The molecule has 1 aromatic heterocycles. The quantitative estimate of drug-likeness (QED) is 0.728. The molecule has 3 rings (SSSR count). The molecule has 0 unspecified atom stereocenters. The van der Waals surface area contributed by atoms with Crippen LogP contribution in [-0.4, -0.2) is 22.6 Å². The Kier molecular flexibility index (Phi) is 2.13. The summed E-state index contributed by atoms with van der Waals surface area (Å²) >= 11 is 0. The van der Waals surface area contributed by atoms with Crippen LogP contribution in [0.5, 0.6) is 0 Å². The number of fused-ring (bicyclic) bond motifs is 1. The average molecular weight is 215 g/mol. The summed E-state index contributed by atoms with van der Waals surface area (Å²) in [6, 6.07) is 6.62. The molecule has 0 N–H and O–H groups in total. The molecule has 3 nitrogen and oxygen atoms in total. The highest BCUT2D eigenvalue weighted by molar-refractivity contribution is 5.80. The molecule has 16 heavy (non-hydrogen) atoms. The molecule has 0 saturated carbocycles. The Hall–Kier alpha value is -1.51. The fourth-order valence-electron chi connectivity index (χ4n) is 2.48. The van der Waals surface area contributed by atoms with E-state index in [0.29, 0.717) is 0 Å². The van der Waals surface area contributed by atoms with E-state index in [1.165, 1.54) is 37.1 Å². The minimum absolute atomic E-state index is 1.08. The van der Waals surface area contributed by atoms with E-state index in [-0.39, 0.29) is 0 Å². The fourth-order valence-corrected chi connectivity index (χ4v) is 2.48. The fraction of sp³-hybridized carbons (Fsp3) is 0.462. The molecular weight excluding hydrogens is 198 g/mol. The summed E-state index contributed by atoms with van der Waals surface area (Å²) in [6.45, 7) is 4.43. The minimum Gasteiger partial charge on any atom is -0.371 e. The highest BCUT2D eigenvalue weighted by Crippen LogP contribution is 2.24. The summed E-state index contributed by atoms with van der Waals surface area (Å²) in [5, 5.41) is 0. The predicted octanol–water partition coefficient (Wildman–Crippen LogP) is 2.48. The van der Waals surface area contributed by atoms with E-state index in [2.05, 4.69) is 46.6 Å². The predicted molar refractivity (Wildman–Crippen MR) is 66.9 cm³/mol. The van der Waals surface area contributed by atoms with Crippen molar-refractivity contribution in [3.8, 4) is 0 Å². The van der Waals surface area contributed by atoms with Crippen LogP contribution in [0.25, 0.3) is 11.0 Å². The molecule has 1 fully saturated rings. The zero-order valence-corrected chi connectivity index (χ0v) is 9.90. The zero-order valence-electron chi connectivity index (χ0n) is 9.90. The van der Waals surface area contributed by atoms with Crippen LogP contribution in [0.2, 0.25) is 0 Å². The lowest BCUT2D eigenvalue weighted by atomic mass is 10.2. The van der Waals surface area contributed by atoms with Gasteiger partial charge in [0.2, 0.25) is 0 Å². The van der Waals surface area contributed by atoms with Crippen LogP contribution in [0.15, 0.2) is 18.2 Å². The first kappa shape index (κ1) is 9.70. The van der Waals surface area contributed by atoms with Crippen molar-refractivity contribution >= 4 is 16.7 Å². The summed E-state index contributed by atoms with van der Waals surface area (Å²) in [5.41, 5.74) is 3.66. The van der Waals surface area contributed by atoms with E-state index in [0.717, 1.165) is 11.3 Å². The second kappa shape index (κ2) is 3.51. The Bertz CT molecular complexity index is 521. The number of anilines is 1. The molecule has 1 aliphatic rings. The maximum Gasteiger partial charge on any atom is 0.106 e. The number of hydrogen-bond acceptors (Lipinski definition) is 2. The highest BCUT2D eigenvalue weighted by Gasteiger charge is 2.13. The number of aryl methyl sites for hydroxylation is 2. The van der Waals surface area contributed by atoms with Gasteiger partial charge in [-0.3, -0.25) is 0 Å². The maximum absolute atomic E-state index is 4.58. The van der Waals surface area contributed by atoms with Crippen molar-refractivity contribution in [2.24, 2.45) is 7.05 Å². The molecule has 1 saturated heterocycles. The standard InChI is InChI=1S/C13H17N3/c1-10-14-12-9-11(16-7-3-4-8-16)5-6-13(12)15(10)2/h5-6,9H,3-4,7-8H2,1-2H3. The summed E-state index contributed by atoms with van der Waals surface area (Å²) < 4.78 is 2.14. The van der Waals surface area contributed by atoms with Crippen molar-refractivity contribution in [1.29, 1.82) is 0 Å². The van der Waals surface area contributed by atoms with Crippen molar-refractivity contribution < 1.29 is 0 Å². The van der Waals surface area contributed by atoms with E-state index in [9.17, 15) is 0 Å². The van der Waals surface area contributed by atoms with Gasteiger partial charge in [0.25, 0.3) is 0 Å². The molecule has 2 heterocycles. The van der Waals surface area contributed by atoms with Gasteiger partial charge in [-0.05, 0) is 38.0 Å². The van der Waals surface area contributed by atoms with Crippen molar-refractivity contribution in [2.45, 2.75) is 19.8 Å². The van der Waals surface area contributed by atoms with Crippen LogP contribution in [0.3, 0.4) is 0 Å². The second-order valence-electron chi connectivity index (χ2n) is 4.59. The third kappa shape index (κ3) is 1.39. The van der Waals surface area contributed by atoms with E-state index >= 15 is 0 Å². The smallest absolute Gasteiger partial charge is 0.106 e. The van der Waals surface area contributed by atoms with Gasteiger partial charge in [0.1, 0.15) is 5.82 Å². The maximum atomic E-state index is 4.58. The SMILES string of the molecule is Cc1nc2cc(N3CCCC3)ccc2n1C. The molecule has 2 aromatic rings. The molecule has 1 aromatic carbocycles. The van der Waals surface area contributed by atoms with Crippen LogP contribution >= 0.6 is 0 Å². The van der Waals surface area contributed by atoms with Crippen LogP contribution in [0, 0.1) is 6.92 Å². The number of rotatable bonds is 1. The van der Waals surface area contributed by atoms with E-state index < -0.39 is 0 Å². The van der Waals surface area contributed by atoms with Crippen LogP contribution in [0.4, 0.5) is 5.69 Å². The third-order valence-corrected chi connectivity index (χ3v) is 3.56. The third-order valence-electron chi connectivity index (χ3n) is 3.56. The van der Waals surface area contributed by atoms with E-state index in [1.54, 1.807) is 0 Å². The molecular formula is C13H17N3. The number of benzene rings is 1. The topological polar surface area (TPSA) is 21.1 Å². The number of aromatic nitrogens is 2. The lowest BCUT2D eigenvalue weighted by molar-refractivity contribution is 0.886. The van der Waals surface area contributed by atoms with Gasteiger partial charge in [0.15, 0.2) is 0 Å². The highest BCUT2D eigenvalue weighted by atomic mass is 15.1. The zero-order chi connectivity index (χ0) is 11.1. The Morgan fingerprint density at radius 3 is 2.69 bits per heavy atom. The molecule has 0 atom stereocenters. The van der Waals surface area contributed by atoms with Crippen molar-refractivity contribution in [3.05, 3.63) is 24.0 Å². The van der Waals surface area contributed by atoms with E-state index in [4.69, 9.17) is 0 Å². The van der Waals surface area contributed by atoms with Gasteiger partial charge in [0.05, 0.1) is 11.0 Å². The van der Waals surface area contributed by atoms with Crippen molar-refractivity contribution in [2.75, 3.05) is 18.0 Å². The summed E-state index contributed by atoms with van der Waals surface area (Å²) in [7, 11) is 2.07. The minimum atomic E-state index is 1.08. The Morgan fingerprint density at radius 1 is 1.19 bits per heavy atom. The first-order valence-corrected chi connectivity index (χ1v) is 5.94.